The Morgan fingerprint density at radius 3 is 2.65 bits per heavy atom. The molecule has 1 aromatic carbocycles. The van der Waals surface area contributed by atoms with Crippen molar-refractivity contribution in [3.8, 4) is 0 Å². The second kappa shape index (κ2) is 5.89. The number of alkyl halides is 1. The summed E-state index contributed by atoms with van der Waals surface area (Å²) in [6, 6.07) is 6.62. The molecule has 0 unspecified atom stereocenters. The van der Waals surface area contributed by atoms with Crippen molar-refractivity contribution in [1.82, 2.24) is 4.72 Å². The third-order valence-corrected chi connectivity index (χ3v) is 7.96. The van der Waals surface area contributed by atoms with Crippen molar-refractivity contribution >= 4 is 31.9 Å². The summed E-state index contributed by atoms with van der Waals surface area (Å²) in [6.45, 7) is 1.74. The van der Waals surface area contributed by atoms with Crippen LogP contribution < -0.4 is 4.72 Å². The van der Waals surface area contributed by atoms with Crippen LogP contribution in [0.2, 0.25) is 0 Å². The molecule has 0 spiro atoms. The lowest BCUT2D eigenvalue weighted by atomic mass is 9.71. The van der Waals surface area contributed by atoms with E-state index in [1.807, 2.05) is 0 Å². The number of ether oxygens (including phenoxy) is 1. The Morgan fingerprint density at radius 1 is 1.31 bits per heavy atom. The monoisotopic (exact) mass is 441 g/mol. The van der Waals surface area contributed by atoms with E-state index in [0.29, 0.717) is 24.6 Å². The summed E-state index contributed by atoms with van der Waals surface area (Å²) in [7, 11) is -3.77. The second-order valence-electron chi connectivity index (χ2n) is 7.56. The predicted octanol–water partition coefficient (Wildman–Crippen LogP) is 2.02. The van der Waals surface area contributed by atoms with Crippen molar-refractivity contribution in [3.63, 3.8) is 0 Å². The molecule has 1 saturated carbocycles. The number of hydrogen-bond donors (Lipinski definition) is 2. The van der Waals surface area contributed by atoms with Gasteiger partial charge in [0.2, 0.25) is 10.0 Å². The SMILES string of the molecule is C[C@]1(NS(=O)(=O)c2ccc(CBr)cc2)C=C2C(=O)O[C@@H]3CC[C@H](C1)[C@]23O. The van der Waals surface area contributed by atoms with Crippen molar-refractivity contribution in [3.05, 3.63) is 41.5 Å². The molecule has 0 aromatic heterocycles. The van der Waals surface area contributed by atoms with E-state index in [1.165, 1.54) is 0 Å². The molecule has 2 fully saturated rings. The van der Waals surface area contributed by atoms with Crippen LogP contribution in [0, 0.1) is 5.92 Å². The summed E-state index contributed by atoms with van der Waals surface area (Å²) >= 11 is 3.34. The van der Waals surface area contributed by atoms with Crippen LogP contribution in [0.25, 0.3) is 0 Å². The summed E-state index contributed by atoms with van der Waals surface area (Å²) in [4.78, 5) is 12.3. The van der Waals surface area contributed by atoms with Crippen LogP contribution in [0.1, 0.15) is 31.7 Å². The summed E-state index contributed by atoms with van der Waals surface area (Å²) in [5.41, 5.74) is -1.07. The molecule has 1 aliphatic heterocycles. The fraction of sp³-hybridized carbons (Fsp3) is 0.500. The number of nitrogens with one attached hydrogen (secondary N) is 1. The molecule has 0 amide bonds. The first-order chi connectivity index (χ1) is 12.2. The maximum absolute atomic E-state index is 12.8. The van der Waals surface area contributed by atoms with Crippen molar-refractivity contribution in [2.45, 2.75) is 53.7 Å². The van der Waals surface area contributed by atoms with Crippen LogP contribution in [0.5, 0.6) is 0 Å². The van der Waals surface area contributed by atoms with Crippen molar-refractivity contribution in [2.24, 2.45) is 5.92 Å². The number of carbonyl (C=O) groups is 1. The van der Waals surface area contributed by atoms with Gasteiger partial charge in [-0.2, -0.15) is 0 Å². The Bertz CT molecular complexity index is 897. The topological polar surface area (TPSA) is 92.7 Å². The maximum Gasteiger partial charge on any atom is 0.337 e. The maximum atomic E-state index is 12.8. The fourth-order valence-electron chi connectivity index (χ4n) is 4.47. The molecule has 4 rings (SSSR count). The quantitative estimate of drug-likeness (QED) is 0.550. The van der Waals surface area contributed by atoms with Crippen molar-refractivity contribution in [1.29, 1.82) is 0 Å². The van der Waals surface area contributed by atoms with Gasteiger partial charge < -0.3 is 9.84 Å². The van der Waals surface area contributed by atoms with E-state index in [1.54, 1.807) is 37.3 Å². The molecule has 2 aliphatic carbocycles. The average molecular weight is 442 g/mol. The number of aliphatic hydroxyl groups is 1. The first-order valence-electron chi connectivity index (χ1n) is 8.53. The molecule has 6 nitrogen and oxygen atoms in total. The first kappa shape index (κ1) is 18.2. The number of hydrogen-bond acceptors (Lipinski definition) is 5. The van der Waals surface area contributed by atoms with Crippen LogP contribution in [0.15, 0.2) is 40.8 Å². The number of carbonyl (C=O) groups excluding carboxylic acids is 1. The highest BCUT2D eigenvalue weighted by Crippen LogP contribution is 2.53. The van der Waals surface area contributed by atoms with E-state index in [4.69, 9.17) is 4.74 Å². The highest BCUT2D eigenvalue weighted by atomic mass is 79.9. The first-order valence-corrected chi connectivity index (χ1v) is 11.1. The minimum absolute atomic E-state index is 0.168. The van der Waals surface area contributed by atoms with E-state index in [-0.39, 0.29) is 16.4 Å². The normalized spacial score (nSPS) is 35.8. The van der Waals surface area contributed by atoms with E-state index in [2.05, 4.69) is 20.7 Å². The van der Waals surface area contributed by atoms with Gasteiger partial charge in [0, 0.05) is 10.9 Å². The minimum atomic E-state index is -3.77. The molecule has 1 heterocycles. The Morgan fingerprint density at radius 2 is 2.00 bits per heavy atom. The Hall–Kier alpha value is -1.22. The Balaban J connectivity index is 1.67. The van der Waals surface area contributed by atoms with Gasteiger partial charge in [-0.15, -0.1) is 0 Å². The van der Waals surface area contributed by atoms with Crippen molar-refractivity contribution < 1.29 is 23.1 Å². The molecule has 1 aromatic rings. The molecule has 140 valence electrons. The zero-order chi connectivity index (χ0) is 18.7. The van der Waals surface area contributed by atoms with Gasteiger partial charge in [-0.05, 0) is 49.8 Å². The van der Waals surface area contributed by atoms with Crippen molar-refractivity contribution in [2.75, 3.05) is 0 Å². The van der Waals surface area contributed by atoms with Gasteiger partial charge in [0.05, 0.1) is 10.5 Å². The van der Waals surface area contributed by atoms with Gasteiger partial charge >= 0.3 is 5.97 Å². The second-order valence-corrected chi connectivity index (χ2v) is 9.80. The van der Waals surface area contributed by atoms with Gasteiger partial charge in [0.1, 0.15) is 11.7 Å². The third-order valence-electron chi connectivity index (χ3n) is 5.68. The van der Waals surface area contributed by atoms with Gasteiger partial charge in [0.15, 0.2) is 0 Å². The molecule has 8 heteroatoms. The molecular weight excluding hydrogens is 422 g/mol. The average Bonchev–Trinajstić information content (AvgIpc) is 3.02. The Labute approximate surface area is 160 Å². The van der Waals surface area contributed by atoms with Gasteiger partial charge in [-0.3, -0.25) is 0 Å². The van der Waals surface area contributed by atoms with E-state index >= 15 is 0 Å². The summed E-state index contributed by atoms with van der Waals surface area (Å²) < 4.78 is 33.7. The fourth-order valence-corrected chi connectivity index (χ4v) is 6.21. The number of rotatable bonds is 4. The van der Waals surface area contributed by atoms with Crippen LogP contribution in [0.4, 0.5) is 0 Å². The molecule has 2 N–H and O–H groups in total. The molecule has 1 saturated heterocycles. The number of esters is 1. The largest absolute Gasteiger partial charge is 0.455 e. The highest BCUT2D eigenvalue weighted by molar-refractivity contribution is 9.08. The summed E-state index contributed by atoms with van der Waals surface area (Å²) in [6.07, 6.45) is 2.74. The lowest BCUT2D eigenvalue weighted by molar-refractivity contribution is -0.140. The van der Waals surface area contributed by atoms with E-state index in [0.717, 1.165) is 5.56 Å². The van der Waals surface area contributed by atoms with Crippen LogP contribution >= 0.6 is 15.9 Å². The van der Waals surface area contributed by atoms with Gasteiger partial charge in [-0.25, -0.2) is 17.9 Å². The molecule has 0 radical (unpaired) electrons. The van der Waals surface area contributed by atoms with Crippen LogP contribution in [0.3, 0.4) is 0 Å². The lowest BCUT2D eigenvalue weighted by Gasteiger charge is -2.40. The van der Waals surface area contributed by atoms with Crippen LogP contribution in [-0.4, -0.2) is 36.7 Å². The predicted molar refractivity (Wildman–Crippen MR) is 98.1 cm³/mol. The minimum Gasteiger partial charge on any atom is -0.455 e. The molecular formula is C18H20BrNO5S. The summed E-state index contributed by atoms with van der Waals surface area (Å²) in [5, 5.41) is 11.6. The smallest absolute Gasteiger partial charge is 0.337 e. The number of sulfonamides is 1. The van der Waals surface area contributed by atoms with Gasteiger partial charge in [-0.1, -0.05) is 34.1 Å². The van der Waals surface area contributed by atoms with Gasteiger partial charge in [0.25, 0.3) is 0 Å². The zero-order valence-electron chi connectivity index (χ0n) is 14.2. The zero-order valence-corrected chi connectivity index (χ0v) is 16.6. The van der Waals surface area contributed by atoms with Crippen LogP contribution in [-0.2, 0) is 24.9 Å². The standard InChI is InChI=1S/C18H20BrNO5S/c1-17(20-26(23,24)13-5-2-11(10-19)3-6-13)8-12-4-7-15-18(12,22)14(9-17)16(21)25-15/h2-3,5-6,9,12,15,20,22H,4,7-8,10H2,1H3/t12-,15-,17-,18+/m1/s1. The van der Waals surface area contributed by atoms with E-state index in [9.17, 15) is 18.3 Å². The number of halogens is 1. The lowest BCUT2D eigenvalue weighted by Crippen LogP contribution is -2.54. The molecule has 4 atom stereocenters. The molecule has 3 aliphatic rings. The Kier molecular flexibility index (Phi) is 4.11. The molecule has 26 heavy (non-hydrogen) atoms. The third kappa shape index (κ3) is 2.66. The number of benzene rings is 1. The summed E-state index contributed by atoms with van der Waals surface area (Å²) in [5.74, 6) is -0.753. The van der Waals surface area contributed by atoms with E-state index < -0.39 is 33.2 Å². The molecule has 0 bridgehead atoms. The highest BCUT2D eigenvalue weighted by Gasteiger charge is 2.64.